The predicted molar refractivity (Wildman–Crippen MR) is 104 cm³/mol. The van der Waals surface area contributed by atoms with Gasteiger partial charge in [-0.15, -0.1) is 0 Å². The molecule has 3 aromatic rings. The minimum Gasteiger partial charge on any atom is -0.431 e. The first-order valence-corrected chi connectivity index (χ1v) is 9.28. The number of rotatable bonds is 5. The minimum absolute atomic E-state index is 0.243. The lowest BCUT2D eigenvalue weighted by molar-refractivity contribution is -0.153. The number of aromatic nitrogens is 2. The number of alkyl halides is 3. The summed E-state index contributed by atoms with van der Waals surface area (Å²) in [5.41, 5.74) is -0.256. The maximum atomic E-state index is 13.4. The highest BCUT2D eigenvalue weighted by Gasteiger charge is 2.42. The Kier molecular flexibility index (Phi) is 5.40. The molecule has 1 aromatic carbocycles. The first-order valence-electron chi connectivity index (χ1n) is 9.28. The van der Waals surface area contributed by atoms with E-state index in [2.05, 4.69) is 25.9 Å². The van der Waals surface area contributed by atoms with Gasteiger partial charge < -0.3 is 20.4 Å². The summed E-state index contributed by atoms with van der Waals surface area (Å²) < 4.78 is 45.0. The summed E-state index contributed by atoms with van der Waals surface area (Å²) in [7, 11) is 0. The maximum absolute atomic E-state index is 13.4. The van der Waals surface area contributed by atoms with Gasteiger partial charge in [0.15, 0.2) is 5.69 Å². The molecule has 1 fully saturated rings. The van der Waals surface area contributed by atoms with Crippen LogP contribution in [0.3, 0.4) is 0 Å². The number of anilines is 2. The molecule has 4 rings (SSSR count). The number of nitrogens with one attached hydrogen (secondary N) is 3. The molecular formula is C20H18F3N5O2. The second kappa shape index (κ2) is 8.15. The smallest absolute Gasteiger partial charge is 0.431 e. The van der Waals surface area contributed by atoms with Crippen molar-refractivity contribution in [2.75, 3.05) is 23.7 Å². The van der Waals surface area contributed by atoms with Gasteiger partial charge in [-0.25, -0.2) is 9.97 Å². The fourth-order valence-corrected chi connectivity index (χ4v) is 3.10. The number of hydrogen-bond donors (Lipinski definition) is 3. The van der Waals surface area contributed by atoms with Crippen molar-refractivity contribution in [2.24, 2.45) is 0 Å². The van der Waals surface area contributed by atoms with Gasteiger partial charge in [0.05, 0.1) is 11.9 Å². The van der Waals surface area contributed by atoms with Crippen LogP contribution in [0.25, 0.3) is 11.5 Å². The van der Waals surface area contributed by atoms with Crippen molar-refractivity contribution in [1.29, 1.82) is 0 Å². The molecule has 3 N–H and O–H groups in total. The number of halogens is 3. The van der Waals surface area contributed by atoms with Crippen LogP contribution in [0.2, 0.25) is 0 Å². The summed E-state index contributed by atoms with van der Waals surface area (Å²) >= 11 is 0. The normalized spacial score (nSPS) is 16.4. The first-order chi connectivity index (χ1) is 14.4. The number of hydrogen-bond acceptors (Lipinski definition) is 6. The van der Waals surface area contributed by atoms with E-state index in [1.165, 1.54) is 6.20 Å². The van der Waals surface area contributed by atoms with Crippen LogP contribution in [0.1, 0.15) is 22.7 Å². The molecule has 10 heteroatoms. The van der Waals surface area contributed by atoms with Gasteiger partial charge in [-0.3, -0.25) is 4.79 Å². The van der Waals surface area contributed by atoms with Crippen LogP contribution in [0.15, 0.2) is 53.1 Å². The average molecular weight is 417 g/mol. The molecule has 1 saturated heterocycles. The number of carbonyl (C=O) groups is 1. The Bertz CT molecular complexity index is 1010. The minimum atomic E-state index is -4.87. The lowest BCUT2D eigenvalue weighted by atomic mass is 10.2. The van der Waals surface area contributed by atoms with Gasteiger partial charge in [0.25, 0.3) is 5.91 Å². The second-order valence-corrected chi connectivity index (χ2v) is 6.78. The van der Waals surface area contributed by atoms with E-state index in [-0.39, 0.29) is 17.6 Å². The molecule has 3 heterocycles. The fraction of sp³-hybridized carbons (Fsp3) is 0.250. The van der Waals surface area contributed by atoms with Crippen molar-refractivity contribution < 1.29 is 22.4 Å². The standard InChI is InChI=1S/C20H18F3N5O2/c21-20(22,23)17-16(28-19(30-17)12-4-2-1-3-5-12)18(29)27-13-6-7-15(25-11-13)26-14-8-9-24-10-14/h1-7,11,14,24H,8-10H2,(H,25,26)(H,27,29)/t14-/m1/s1. The van der Waals surface area contributed by atoms with E-state index in [0.29, 0.717) is 11.4 Å². The SMILES string of the molecule is O=C(Nc1ccc(N[C@@H]2CCNC2)nc1)c1nc(-c2ccccc2)oc1C(F)(F)F. The largest absolute Gasteiger partial charge is 0.452 e. The van der Waals surface area contributed by atoms with Crippen LogP contribution in [-0.2, 0) is 6.18 Å². The number of amides is 1. The van der Waals surface area contributed by atoms with Crippen LogP contribution in [0.4, 0.5) is 24.7 Å². The second-order valence-electron chi connectivity index (χ2n) is 6.78. The first kappa shape index (κ1) is 19.9. The molecule has 30 heavy (non-hydrogen) atoms. The van der Waals surface area contributed by atoms with Crippen molar-refractivity contribution in [3.05, 3.63) is 60.1 Å². The molecule has 0 bridgehead atoms. The molecule has 1 aliphatic rings. The fourth-order valence-electron chi connectivity index (χ4n) is 3.10. The van der Waals surface area contributed by atoms with E-state index in [4.69, 9.17) is 4.42 Å². The Morgan fingerprint density at radius 3 is 2.60 bits per heavy atom. The number of pyridine rings is 1. The molecule has 0 spiro atoms. The summed E-state index contributed by atoms with van der Waals surface area (Å²) in [6.45, 7) is 1.76. The van der Waals surface area contributed by atoms with Crippen LogP contribution in [0.5, 0.6) is 0 Å². The number of benzene rings is 1. The zero-order chi connectivity index (χ0) is 21.1. The highest BCUT2D eigenvalue weighted by molar-refractivity contribution is 6.04. The molecule has 156 valence electrons. The molecular weight excluding hydrogens is 399 g/mol. The van der Waals surface area contributed by atoms with Gasteiger partial charge in [-0.05, 0) is 37.2 Å². The predicted octanol–water partition coefficient (Wildman–Crippen LogP) is 3.78. The van der Waals surface area contributed by atoms with Gasteiger partial charge >= 0.3 is 6.18 Å². The molecule has 0 radical (unpaired) electrons. The summed E-state index contributed by atoms with van der Waals surface area (Å²) in [5, 5.41) is 8.86. The third-order valence-electron chi connectivity index (χ3n) is 4.55. The third kappa shape index (κ3) is 4.43. The summed E-state index contributed by atoms with van der Waals surface area (Å²) in [6, 6.07) is 11.5. The van der Waals surface area contributed by atoms with Crippen LogP contribution in [0, 0.1) is 0 Å². The maximum Gasteiger partial charge on any atom is 0.452 e. The van der Waals surface area contributed by atoms with Crippen molar-refractivity contribution in [3.8, 4) is 11.5 Å². The molecule has 0 aliphatic carbocycles. The summed E-state index contributed by atoms with van der Waals surface area (Å²) in [4.78, 5) is 20.5. The van der Waals surface area contributed by atoms with Gasteiger partial charge in [0.1, 0.15) is 5.82 Å². The average Bonchev–Trinajstić information content (AvgIpc) is 3.40. The molecule has 1 atom stereocenters. The van der Waals surface area contributed by atoms with E-state index in [0.717, 1.165) is 19.5 Å². The lowest BCUT2D eigenvalue weighted by Gasteiger charge is -2.12. The molecule has 1 amide bonds. The zero-order valence-corrected chi connectivity index (χ0v) is 15.7. The van der Waals surface area contributed by atoms with Crippen LogP contribution >= 0.6 is 0 Å². The van der Waals surface area contributed by atoms with Gasteiger partial charge in [-0.1, -0.05) is 18.2 Å². The highest BCUT2D eigenvalue weighted by Crippen LogP contribution is 2.35. The van der Waals surface area contributed by atoms with Crippen molar-refractivity contribution in [2.45, 2.75) is 18.6 Å². The Morgan fingerprint density at radius 2 is 1.97 bits per heavy atom. The van der Waals surface area contributed by atoms with Crippen molar-refractivity contribution in [3.63, 3.8) is 0 Å². The van der Waals surface area contributed by atoms with Crippen LogP contribution in [-0.4, -0.2) is 35.0 Å². The monoisotopic (exact) mass is 417 g/mol. The summed E-state index contributed by atoms with van der Waals surface area (Å²) in [5.74, 6) is -2.14. The van der Waals surface area contributed by atoms with Gasteiger partial charge in [0, 0.05) is 18.2 Å². The Labute approximate surface area is 169 Å². The van der Waals surface area contributed by atoms with E-state index in [1.54, 1.807) is 42.5 Å². The van der Waals surface area contributed by atoms with Gasteiger partial charge in [0.2, 0.25) is 11.7 Å². The van der Waals surface area contributed by atoms with E-state index < -0.39 is 23.5 Å². The Hall–Kier alpha value is -3.40. The molecule has 0 saturated carbocycles. The Morgan fingerprint density at radius 1 is 1.17 bits per heavy atom. The summed E-state index contributed by atoms with van der Waals surface area (Å²) in [6.07, 6.45) is -2.53. The van der Waals surface area contributed by atoms with E-state index in [9.17, 15) is 18.0 Å². The van der Waals surface area contributed by atoms with E-state index in [1.807, 2.05) is 0 Å². The molecule has 0 unspecified atom stereocenters. The third-order valence-corrected chi connectivity index (χ3v) is 4.55. The molecule has 7 nitrogen and oxygen atoms in total. The number of carbonyl (C=O) groups excluding carboxylic acids is 1. The van der Waals surface area contributed by atoms with Crippen molar-refractivity contribution >= 4 is 17.4 Å². The topological polar surface area (TPSA) is 92.1 Å². The lowest BCUT2D eigenvalue weighted by Crippen LogP contribution is -2.22. The zero-order valence-electron chi connectivity index (χ0n) is 15.7. The number of oxazole rings is 1. The van der Waals surface area contributed by atoms with Crippen LogP contribution < -0.4 is 16.0 Å². The highest BCUT2D eigenvalue weighted by atomic mass is 19.4. The Balaban J connectivity index is 1.53. The van der Waals surface area contributed by atoms with Crippen molar-refractivity contribution in [1.82, 2.24) is 15.3 Å². The molecule has 1 aliphatic heterocycles. The van der Waals surface area contributed by atoms with E-state index >= 15 is 0 Å². The quantitative estimate of drug-likeness (QED) is 0.585. The van der Waals surface area contributed by atoms with Gasteiger partial charge in [-0.2, -0.15) is 13.2 Å². The number of nitrogens with zero attached hydrogens (tertiary/aromatic N) is 2. The molecule has 2 aromatic heterocycles.